The first kappa shape index (κ1) is 11.8. The Morgan fingerprint density at radius 3 is 2.79 bits per heavy atom. The number of nitrogen functional groups attached to an aromatic ring is 1. The molecular formula is C16H17N3. The highest BCUT2D eigenvalue weighted by Gasteiger charge is 2.10. The largest absolute Gasteiger partial charge is 0.369 e. The summed E-state index contributed by atoms with van der Waals surface area (Å²) in [6.45, 7) is 4.21. The predicted molar refractivity (Wildman–Crippen MR) is 79.6 cm³/mol. The lowest BCUT2D eigenvalue weighted by Gasteiger charge is -2.08. The van der Waals surface area contributed by atoms with Gasteiger partial charge in [0.25, 0.3) is 0 Å². The molecule has 0 radical (unpaired) electrons. The Morgan fingerprint density at radius 2 is 2.00 bits per heavy atom. The smallest absolute Gasteiger partial charge is 0.205 e. The van der Waals surface area contributed by atoms with Gasteiger partial charge in [0.15, 0.2) is 0 Å². The molecule has 3 nitrogen and oxygen atoms in total. The highest BCUT2D eigenvalue weighted by Crippen LogP contribution is 2.24. The second kappa shape index (κ2) is 4.43. The van der Waals surface area contributed by atoms with Crippen LogP contribution in [0.1, 0.15) is 18.1 Å². The lowest BCUT2D eigenvalue weighted by molar-refractivity contribution is 1.08. The Morgan fingerprint density at radius 1 is 1.16 bits per heavy atom. The molecule has 96 valence electrons. The molecule has 1 aromatic heterocycles. The molecule has 0 aliphatic heterocycles. The Hall–Kier alpha value is -2.29. The fourth-order valence-electron chi connectivity index (χ4n) is 2.40. The zero-order valence-corrected chi connectivity index (χ0v) is 11.2. The fraction of sp³-hybridized carbons (Fsp3) is 0.188. The zero-order chi connectivity index (χ0) is 13.4. The molecule has 19 heavy (non-hydrogen) atoms. The van der Waals surface area contributed by atoms with Gasteiger partial charge in [-0.15, -0.1) is 0 Å². The average molecular weight is 251 g/mol. The predicted octanol–water partition coefficient (Wildman–Crippen LogP) is 3.48. The molecule has 3 aromatic rings. The van der Waals surface area contributed by atoms with Crippen molar-refractivity contribution in [2.75, 3.05) is 5.73 Å². The van der Waals surface area contributed by atoms with E-state index in [1.54, 1.807) is 0 Å². The molecular weight excluding hydrogens is 234 g/mol. The summed E-state index contributed by atoms with van der Waals surface area (Å²) >= 11 is 0. The van der Waals surface area contributed by atoms with Crippen molar-refractivity contribution in [2.45, 2.75) is 20.3 Å². The van der Waals surface area contributed by atoms with E-state index < -0.39 is 0 Å². The summed E-state index contributed by atoms with van der Waals surface area (Å²) in [6.07, 6.45) is 1.01. The van der Waals surface area contributed by atoms with Gasteiger partial charge in [-0.05, 0) is 48.7 Å². The summed E-state index contributed by atoms with van der Waals surface area (Å²) in [7, 11) is 0. The number of aromatic nitrogens is 2. The van der Waals surface area contributed by atoms with Crippen molar-refractivity contribution in [2.24, 2.45) is 0 Å². The lowest BCUT2D eigenvalue weighted by atomic mass is 10.1. The number of hydrogen-bond donors (Lipinski definition) is 1. The number of rotatable bonds is 2. The number of imidazole rings is 1. The minimum Gasteiger partial charge on any atom is -0.369 e. The Labute approximate surface area is 112 Å². The van der Waals surface area contributed by atoms with Crippen molar-refractivity contribution in [3.8, 4) is 5.69 Å². The Balaban J connectivity index is 2.26. The SMILES string of the molecule is CCc1cccc(-n2c(N)nc3cc(C)ccc32)c1. The minimum absolute atomic E-state index is 0.536. The molecule has 3 rings (SSSR count). The van der Waals surface area contributed by atoms with Crippen LogP contribution in [0.25, 0.3) is 16.7 Å². The molecule has 0 amide bonds. The van der Waals surface area contributed by atoms with E-state index in [1.807, 2.05) is 4.57 Å². The summed E-state index contributed by atoms with van der Waals surface area (Å²) in [5.74, 6) is 0.536. The van der Waals surface area contributed by atoms with E-state index >= 15 is 0 Å². The maximum absolute atomic E-state index is 6.08. The van der Waals surface area contributed by atoms with E-state index in [0.717, 1.165) is 23.1 Å². The number of aryl methyl sites for hydroxylation is 2. The van der Waals surface area contributed by atoms with Crippen LogP contribution in [0.3, 0.4) is 0 Å². The van der Waals surface area contributed by atoms with Gasteiger partial charge >= 0.3 is 0 Å². The van der Waals surface area contributed by atoms with Crippen LogP contribution in [0.2, 0.25) is 0 Å². The molecule has 2 aromatic carbocycles. The van der Waals surface area contributed by atoms with Crippen molar-refractivity contribution in [1.29, 1.82) is 0 Å². The van der Waals surface area contributed by atoms with Gasteiger partial charge in [-0.3, -0.25) is 4.57 Å². The minimum atomic E-state index is 0.536. The summed E-state index contributed by atoms with van der Waals surface area (Å²) in [5, 5.41) is 0. The summed E-state index contributed by atoms with van der Waals surface area (Å²) in [5.41, 5.74) is 11.6. The normalized spacial score (nSPS) is 11.1. The number of hydrogen-bond acceptors (Lipinski definition) is 2. The van der Waals surface area contributed by atoms with Gasteiger partial charge in [-0.2, -0.15) is 0 Å². The summed E-state index contributed by atoms with van der Waals surface area (Å²) in [6, 6.07) is 14.6. The van der Waals surface area contributed by atoms with Crippen LogP contribution in [0.5, 0.6) is 0 Å². The molecule has 0 saturated heterocycles. The van der Waals surface area contributed by atoms with Crippen molar-refractivity contribution < 1.29 is 0 Å². The standard InChI is InChI=1S/C16H17N3/c1-3-12-5-4-6-13(10-12)19-15-8-7-11(2)9-14(15)18-16(19)17/h4-10H,3H2,1-2H3,(H2,17,18). The van der Waals surface area contributed by atoms with E-state index in [9.17, 15) is 0 Å². The summed E-state index contributed by atoms with van der Waals surface area (Å²) < 4.78 is 2.01. The third kappa shape index (κ3) is 1.97. The molecule has 2 N–H and O–H groups in total. The number of fused-ring (bicyclic) bond motifs is 1. The molecule has 0 fully saturated rings. The highest BCUT2D eigenvalue weighted by molar-refractivity contribution is 5.81. The van der Waals surface area contributed by atoms with Gasteiger partial charge in [-0.1, -0.05) is 25.1 Å². The zero-order valence-electron chi connectivity index (χ0n) is 11.2. The van der Waals surface area contributed by atoms with Gasteiger partial charge in [0.2, 0.25) is 5.95 Å². The van der Waals surface area contributed by atoms with Gasteiger partial charge in [0, 0.05) is 5.69 Å². The first-order valence-electron chi connectivity index (χ1n) is 6.53. The maximum atomic E-state index is 6.08. The van der Waals surface area contributed by atoms with Crippen LogP contribution in [-0.4, -0.2) is 9.55 Å². The van der Waals surface area contributed by atoms with Gasteiger partial charge in [0.1, 0.15) is 0 Å². The molecule has 0 bridgehead atoms. The topological polar surface area (TPSA) is 43.8 Å². The fourth-order valence-corrected chi connectivity index (χ4v) is 2.40. The van der Waals surface area contributed by atoms with Crippen LogP contribution in [0.4, 0.5) is 5.95 Å². The number of nitrogens with zero attached hydrogens (tertiary/aromatic N) is 2. The lowest BCUT2D eigenvalue weighted by Crippen LogP contribution is -2.01. The maximum Gasteiger partial charge on any atom is 0.205 e. The first-order valence-corrected chi connectivity index (χ1v) is 6.53. The highest BCUT2D eigenvalue weighted by atomic mass is 15.2. The van der Waals surface area contributed by atoms with Gasteiger partial charge < -0.3 is 5.73 Å². The van der Waals surface area contributed by atoms with E-state index in [4.69, 9.17) is 5.73 Å². The number of benzene rings is 2. The van der Waals surface area contributed by atoms with Gasteiger partial charge in [0.05, 0.1) is 11.0 Å². The molecule has 1 heterocycles. The van der Waals surface area contributed by atoms with Crippen LogP contribution in [0, 0.1) is 6.92 Å². The van der Waals surface area contributed by atoms with E-state index in [2.05, 4.69) is 61.3 Å². The second-order valence-electron chi connectivity index (χ2n) is 4.82. The van der Waals surface area contributed by atoms with Crippen molar-refractivity contribution in [3.63, 3.8) is 0 Å². The summed E-state index contributed by atoms with van der Waals surface area (Å²) in [4.78, 5) is 4.45. The van der Waals surface area contributed by atoms with Crippen LogP contribution in [-0.2, 0) is 6.42 Å². The van der Waals surface area contributed by atoms with Crippen molar-refractivity contribution in [3.05, 3.63) is 53.6 Å². The average Bonchev–Trinajstić information content (AvgIpc) is 2.73. The quantitative estimate of drug-likeness (QED) is 0.757. The molecule has 0 atom stereocenters. The number of nitrogens with two attached hydrogens (primary N) is 1. The molecule has 0 aliphatic carbocycles. The van der Waals surface area contributed by atoms with E-state index in [0.29, 0.717) is 5.95 Å². The first-order chi connectivity index (χ1) is 9.19. The molecule has 0 spiro atoms. The Kier molecular flexibility index (Phi) is 2.75. The number of anilines is 1. The van der Waals surface area contributed by atoms with E-state index in [1.165, 1.54) is 11.1 Å². The molecule has 0 unspecified atom stereocenters. The van der Waals surface area contributed by atoms with Crippen molar-refractivity contribution in [1.82, 2.24) is 9.55 Å². The molecule has 0 aliphatic rings. The van der Waals surface area contributed by atoms with Crippen molar-refractivity contribution >= 4 is 17.0 Å². The van der Waals surface area contributed by atoms with Crippen LogP contribution >= 0.6 is 0 Å². The third-order valence-electron chi connectivity index (χ3n) is 3.41. The van der Waals surface area contributed by atoms with Gasteiger partial charge in [-0.25, -0.2) is 4.98 Å². The van der Waals surface area contributed by atoms with Crippen LogP contribution < -0.4 is 5.73 Å². The molecule has 3 heteroatoms. The second-order valence-corrected chi connectivity index (χ2v) is 4.82. The monoisotopic (exact) mass is 251 g/mol. The molecule has 0 saturated carbocycles. The third-order valence-corrected chi connectivity index (χ3v) is 3.41. The van der Waals surface area contributed by atoms with Crippen LogP contribution in [0.15, 0.2) is 42.5 Å². The van der Waals surface area contributed by atoms with E-state index in [-0.39, 0.29) is 0 Å². The Bertz CT molecular complexity index is 741.